The van der Waals surface area contributed by atoms with Crippen LogP contribution in [0.2, 0.25) is 0 Å². The summed E-state index contributed by atoms with van der Waals surface area (Å²) in [5, 5.41) is 0. The summed E-state index contributed by atoms with van der Waals surface area (Å²) in [4.78, 5) is 24.4. The second kappa shape index (κ2) is 7.68. The molecule has 0 N–H and O–H groups in total. The Morgan fingerprint density at radius 3 is 1.62 bits per heavy atom. The first kappa shape index (κ1) is 20.0. The van der Waals surface area contributed by atoms with Crippen molar-refractivity contribution in [2.45, 2.75) is 39.3 Å². The summed E-state index contributed by atoms with van der Waals surface area (Å²) in [5.41, 5.74) is -1.49. The van der Waals surface area contributed by atoms with Crippen molar-refractivity contribution in [3.8, 4) is 0 Å². The molecule has 0 radical (unpaired) electrons. The van der Waals surface area contributed by atoms with Crippen LogP contribution in [0.15, 0.2) is 24.3 Å². The monoisotopic (exact) mass is 346 g/mol. The fourth-order valence-corrected chi connectivity index (χ4v) is 2.39. The van der Waals surface area contributed by atoms with E-state index in [0.29, 0.717) is 5.56 Å². The van der Waals surface area contributed by atoms with E-state index in [1.54, 1.807) is 27.7 Å². The Kier molecular flexibility index (Phi) is 6.40. The van der Waals surface area contributed by atoms with Gasteiger partial charge < -0.3 is 9.47 Å². The molecular weight excluding hydrogens is 325 g/mol. The van der Waals surface area contributed by atoms with Crippen LogP contribution >= 0.6 is 0 Å². The van der Waals surface area contributed by atoms with Gasteiger partial charge in [0.15, 0.2) is 5.92 Å². The van der Waals surface area contributed by atoms with Crippen LogP contribution in [0.1, 0.15) is 38.8 Å². The standard InChI is InChI=1S/C17H21F3O4/c1-5-23-14(21)13(15(22)24-6-2)16(3,4)11-7-9-12(10-8-11)17(18,19)20/h7-10,13H,5-6H2,1-4H3. The highest BCUT2D eigenvalue weighted by molar-refractivity contribution is 5.96. The third-order valence-electron chi connectivity index (χ3n) is 3.72. The van der Waals surface area contributed by atoms with E-state index in [0.717, 1.165) is 12.1 Å². The molecule has 4 nitrogen and oxygen atoms in total. The fraction of sp³-hybridized carbons (Fsp3) is 0.529. The van der Waals surface area contributed by atoms with Gasteiger partial charge >= 0.3 is 18.1 Å². The fourth-order valence-electron chi connectivity index (χ4n) is 2.39. The van der Waals surface area contributed by atoms with Crippen LogP contribution in [0.4, 0.5) is 13.2 Å². The van der Waals surface area contributed by atoms with Gasteiger partial charge in [0.1, 0.15) is 0 Å². The van der Waals surface area contributed by atoms with Crippen LogP contribution in [0, 0.1) is 5.92 Å². The number of hydrogen-bond acceptors (Lipinski definition) is 4. The Bertz CT molecular complexity index is 558. The Hall–Kier alpha value is -2.05. The third-order valence-corrected chi connectivity index (χ3v) is 3.72. The van der Waals surface area contributed by atoms with Crippen molar-refractivity contribution in [1.82, 2.24) is 0 Å². The summed E-state index contributed by atoms with van der Waals surface area (Å²) >= 11 is 0. The predicted octanol–water partition coefficient (Wildman–Crippen LogP) is 3.73. The van der Waals surface area contributed by atoms with E-state index in [-0.39, 0.29) is 13.2 Å². The molecule has 1 rings (SSSR count). The minimum atomic E-state index is -4.45. The first-order valence-corrected chi connectivity index (χ1v) is 7.56. The number of hydrogen-bond donors (Lipinski definition) is 0. The quantitative estimate of drug-likeness (QED) is 0.582. The highest BCUT2D eigenvalue weighted by Crippen LogP contribution is 2.36. The molecule has 0 atom stereocenters. The van der Waals surface area contributed by atoms with Crippen molar-refractivity contribution in [1.29, 1.82) is 0 Å². The molecule has 0 aromatic heterocycles. The van der Waals surface area contributed by atoms with Gasteiger partial charge in [-0.15, -0.1) is 0 Å². The van der Waals surface area contributed by atoms with Gasteiger partial charge in [-0.2, -0.15) is 13.2 Å². The number of halogens is 3. The molecule has 134 valence electrons. The van der Waals surface area contributed by atoms with Gasteiger partial charge in [-0.1, -0.05) is 26.0 Å². The summed E-state index contributed by atoms with van der Waals surface area (Å²) in [5.74, 6) is -2.80. The lowest BCUT2D eigenvalue weighted by molar-refractivity contribution is -0.165. The van der Waals surface area contributed by atoms with Gasteiger partial charge in [0.2, 0.25) is 0 Å². The van der Waals surface area contributed by atoms with Crippen LogP contribution in [0.25, 0.3) is 0 Å². The number of esters is 2. The summed E-state index contributed by atoms with van der Waals surface area (Å²) < 4.78 is 47.9. The van der Waals surface area contributed by atoms with Crippen molar-refractivity contribution in [2.75, 3.05) is 13.2 Å². The van der Waals surface area contributed by atoms with Gasteiger partial charge in [-0.3, -0.25) is 9.59 Å². The molecule has 0 bridgehead atoms. The van der Waals surface area contributed by atoms with Crippen molar-refractivity contribution >= 4 is 11.9 Å². The van der Waals surface area contributed by atoms with E-state index in [2.05, 4.69) is 0 Å². The molecule has 7 heteroatoms. The van der Waals surface area contributed by atoms with Crippen LogP contribution in [-0.2, 0) is 30.7 Å². The molecule has 0 saturated heterocycles. The van der Waals surface area contributed by atoms with Crippen LogP contribution in [0.5, 0.6) is 0 Å². The van der Waals surface area contributed by atoms with E-state index in [1.165, 1.54) is 12.1 Å². The number of ether oxygens (including phenoxy) is 2. The summed E-state index contributed by atoms with van der Waals surface area (Å²) in [6.07, 6.45) is -4.45. The van der Waals surface area contributed by atoms with Gasteiger partial charge in [0, 0.05) is 5.41 Å². The van der Waals surface area contributed by atoms with E-state index in [1.807, 2.05) is 0 Å². The number of carbonyl (C=O) groups is 2. The zero-order valence-electron chi connectivity index (χ0n) is 14.1. The van der Waals surface area contributed by atoms with Gasteiger partial charge in [0.25, 0.3) is 0 Å². The maximum Gasteiger partial charge on any atom is 0.416 e. The van der Waals surface area contributed by atoms with Gasteiger partial charge in [-0.05, 0) is 31.5 Å². The molecule has 0 amide bonds. The average molecular weight is 346 g/mol. The zero-order valence-corrected chi connectivity index (χ0v) is 14.1. The predicted molar refractivity (Wildman–Crippen MR) is 81.2 cm³/mol. The summed E-state index contributed by atoms with van der Waals surface area (Å²) in [6, 6.07) is 4.36. The highest BCUT2D eigenvalue weighted by atomic mass is 19.4. The summed E-state index contributed by atoms with van der Waals surface area (Å²) in [6.45, 7) is 6.55. The first-order valence-electron chi connectivity index (χ1n) is 7.56. The topological polar surface area (TPSA) is 52.6 Å². The zero-order chi connectivity index (χ0) is 18.5. The highest BCUT2D eigenvalue weighted by Gasteiger charge is 2.44. The third kappa shape index (κ3) is 4.49. The number of rotatable bonds is 6. The van der Waals surface area contributed by atoms with Gasteiger partial charge in [0.05, 0.1) is 18.8 Å². The van der Waals surface area contributed by atoms with Gasteiger partial charge in [-0.25, -0.2) is 0 Å². The van der Waals surface area contributed by atoms with E-state index >= 15 is 0 Å². The van der Waals surface area contributed by atoms with E-state index in [9.17, 15) is 22.8 Å². The Morgan fingerprint density at radius 2 is 1.29 bits per heavy atom. The van der Waals surface area contributed by atoms with Crippen LogP contribution in [0.3, 0.4) is 0 Å². The molecule has 0 fully saturated rings. The van der Waals surface area contributed by atoms with Crippen LogP contribution < -0.4 is 0 Å². The average Bonchev–Trinajstić information content (AvgIpc) is 2.47. The molecule has 0 spiro atoms. The molecule has 1 aromatic carbocycles. The SMILES string of the molecule is CCOC(=O)C(C(=O)OCC)C(C)(C)c1ccc(C(F)(F)F)cc1. The lowest BCUT2D eigenvalue weighted by atomic mass is 9.73. The van der Waals surface area contributed by atoms with Crippen molar-refractivity contribution < 1.29 is 32.2 Å². The molecule has 1 aromatic rings. The molecule has 0 aliphatic heterocycles. The molecule has 0 saturated carbocycles. The number of carbonyl (C=O) groups excluding carboxylic acids is 2. The lowest BCUT2D eigenvalue weighted by Crippen LogP contribution is -2.42. The van der Waals surface area contributed by atoms with Crippen LogP contribution in [-0.4, -0.2) is 25.2 Å². The Labute approximate surface area is 138 Å². The number of alkyl halides is 3. The molecule has 0 aliphatic carbocycles. The minimum absolute atomic E-state index is 0.0812. The lowest BCUT2D eigenvalue weighted by Gasteiger charge is -2.31. The Balaban J connectivity index is 3.23. The van der Waals surface area contributed by atoms with E-state index in [4.69, 9.17) is 9.47 Å². The first-order chi connectivity index (χ1) is 11.1. The normalized spacial score (nSPS) is 12.2. The second-order valence-electron chi connectivity index (χ2n) is 5.73. The Morgan fingerprint density at radius 1 is 0.917 bits per heavy atom. The van der Waals surface area contributed by atoms with Crippen molar-refractivity contribution in [3.63, 3.8) is 0 Å². The molecule has 0 heterocycles. The second-order valence-corrected chi connectivity index (χ2v) is 5.73. The minimum Gasteiger partial charge on any atom is -0.465 e. The molecule has 0 unspecified atom stereocenters. The maximum atomic E-state index is 12.7. The van der Waals surface area contributed by atoms with E-state index < -0.39 is 35.0 Å². The smallest absolute Gasteiger partial charge is 0.416 e. The molecule has 0 aliphatic rings. The largest absolute Gasteiger partial charge is 0.465 e. The maximum absolute atomic E-state index is 12.7. The molecular formula is C17H21F3O4. The number of benzene rings is 1. The van der Waals surface area contributed by atoms with Crippen molar-refractivity contribution in [3.05, 3.63) is 35.4 Å². The summed E-state index contributed by atoms with van der Waals surface area (Å²) in [7, 11) is 0. The molecule has 24 heavy (non-hydrogen) atoms. The van der Waals surface area contributed by atoms with Crippen molar-refractivity contribution in [2.24, 2.45) is 5.92 Å².